The zero-order valence-electron chi connectivity index (χ0n) is 10.7. The second kappa shape index (κ2) is 3.88. The van der Waals surface area contributed by atoms with Crippen molar-refractivity contribution in [2.75, 3.05) is 6.61 Å². The smallest absolute Gasteiger partial charge is 0.0628 e. The van der Waals surface area contributed by atoms with Gasteiger partial charge < -0.3 is 5.11 Å². The summed E-state index contributed by atoms with van der Waals surface area (Å²) >= 11 is 0. The first-order chi connectivity index (χ1) is 7.49. The highest BCUT2D eigenvalue weighted by Gasteiger charge is 2.42. The maximum absolute atomic E-state index is 9.39. The molecule has 0 amide bonds. The number of rotatable bonds is 4. The van der Waals surface area contributed by atoms with Crippen LogP contribution < -0.4 is 0 Å². The van der Waals surface area contributed by atoms with Crippen molar-refractivity contribution in [3.05, 3.63) is 17.0 Å². The summed E-state index contributed by atoms with van der Waals surface area (Å²) in [6.07, 6.45) is 3.32. The second-order valence-corrected chi connectivity index (χ2v) is 5.52. The maximum atomic E-state index is 9.39. The van der Waals surface area contributed by atoms with Crippen LogP contribution in [-0.2, 0) is 6.42 Å². The van der Waals surface area contributed by atoms with E-state index in [1.54, 1.807) is 0 Å². The number of aliphatic hydroxyl groups excluding tert-OH is 1. The number of hydrogen-bond acceptors (Lipinski definition) is 2. The Labute approximate surface area is 97.5 Å². The van der Waals surface area contributed by atoms with Crippen LogP contribution in [0.1, 0.15) is 49.7 Å². The Hall–Kier alpha value is -0.830. The molecule has 16 heavy (non-hydrogen) atoms. The van der Waals surface area contributed by atoms with Gasteiger partial charge in [-0.05, 0) is 57.9 Å². The van der Waals surface area contributed by atoms with E-state index in [-0.39, 0.29) is 5.41 Å². The molecule has 0 bridgehead atoms. The fourth-order valence-electron chi connectivity index (χ4n) is 2.40. The molecule has 0 atom stereocenters. The predicted molar refractivity (Wildman–Crippen MR) is 64.5 cm³/mol. The molecule has 1 aliphatic carbocycles. The average Bonchev–Trinajstić information content (AvgIpc) is 2.96. The van der Waals surface area contributed by atoms with Crippen LogP contribution >= 0.6 is 0 Å². The third kappa shape index (κ3) is 1.88. The predicted octanol–water partition coefficient (Wildman–Crippen LogP) is 2.40. The lowest BCUT2D eigenvalue weighted by atomic mass is 9.96. The van der Waals surface area contributed by atoms with Gasteiger partial charge in [-0.1, -0.05) is 0 Å². The van der Waals surface area contributed by atoms with Gasteiger partial charge in [0, 0.05) is 18.3 Å². The minimum atomic E-state index is 0.181. The Balaban J connectivity index is 2.27. The van der Waals surface area contributed by atoms with E-state index in [4.69, 9.17) is 0 Å². The van der Waals surface area contributed by atoms with Gasteiger partial charge in [-0.2, -0.15) is 5.10 Å². The minimum Gasteiger partial charge on any atom is -0.396 e. The van der Waals surface area contributed by atoms with Crippen molar-refractivity contribution in [2.24, 2.45) is 5.41 Å². The normalized spacial score (nSPS) is 18.1. The van der Waals surface area contributed by atoms with E-state index in [1.807, 2.05) is 0 Å². The van der Waals surface area contributed by atoms with E-state index in [9.17, 15) is 5.11 Å². The summed E-state index contributed by atoms with van der Waals surface area (Å²) in [5.41, 5.74) is 3.93. The van der Waals surface area contributed by atoms with E-state index in [2.05, 4.69) is 37.5 Å². The first kappa shape index (κ1) is 11.6. The van der Waals surface area contributed by atoms with Gasteiger partial charge in [-0.15, -0.1) is 0 Å². The Kier molecular flexibility index (Phi) is 2.82. The molecular weight excluding hydrogens is 200 g/mol. The van der Waals surface area contributed by atoms with E-state index in [0.717, 1.165) is 25.0 Å². The fraction of sp³-hybridized carbons (Fsp3) is 0.769. The summed E-state index contributed by atoms with van der Waals surface area (Å²) in [5, 5.41) is 14.0. The van der Waals surface area contributed by atoms with Gasteiger partial charge in [-0.3, -0.25) is 4.68 Å². The largest absolute Gasteiger partial charge is 0.396 e. The Bertz CT molecular complexity index is 389. The first-order valence-electron chi connectivity index (χ1n) is 6.14. The van der Waals surface area contributed by atoms with Crippen LogP contribution in [0.25, 0.3) is 0 Å². The molecule has 0 radical (unpaired) electrons. The van der Waals surface area contributed by atoms with E-state index in [0.29, 0.717) is 12.6 Å². The third-order valence-electron chi connectivity index (χ3n) is 3.81. The quantitative estimate of drug-likeness (QED) is 0.849. The zero-order chi connectivity index (χ0) is 11.9. The lowest BCUT2D eigenvalue weighted by molar-refractivity contribution is 0.211. The molecule has 90 valence electrons. The van der Waals surface area contributed by atoms with Crippen molar-refractivity contribution in [3.8, 4) is 0 Å². The fourth-order valence-corrected chi connectivity index (χ4v) is 2.40. The van der Waals surface area contributed by atoms with Crippen molar-refractivity contribution < 1.29 is 5.11 Å². The standard InChI is InChI=1S/C13H22N2O/c1-9(2)15-11(4)12(10(3)14-15)7-13(8-16)5-6-13/h9,16H,5-8H2,1-4H3. The number of hydrogen-bond donors (Lipinski definition) is 1. The lowest BCUT2D eigenvalue weighted by Gasteiger charge is -2.13. The van der Waals surface area contributed by atoms with Crippen LogP contribution in [0.4, 0.5) is 0 Å². The summed E-state index contributed by atoms with van der Waals surface area (Å²) in [6.45, 7) is 8.85. The summed E-state index contributed by atoms with van der Waals surface area (Å²) < 4.78 is 2.10. The topological polar surface area (TPSA) is 38.0 Å². The van der Waals surface area contributed by atoms with Crippen LogP contribution in [0.15, 0.2) is 0 Å². The van der Waals surface area contributed by atoms with Crippen molar-refractivity contribution in [1.29, 1.82) is 0 Å². The summed E-state index contributed by atoms with van der Waals surface area (Å²) in [4.78, 5) is 0. The molecule has 1 N–H and O–H groups in total. The number of aliphatic hydroxyl groups is 1. The van der Waals surface area contributed by atoms with Crippen molar-refractivity contribution in [3.63, 3.8) is 0 Å². The van der Waals surface area contributed by atoms with Gasteiger partial charge in [0.1, 0.15) is 0 Å². The van der Waals surface area contributed by atoms with E-state index < -0.39 is 0 Å². The third-order valence-corrected chi connectivity index (χ3v) is 3.81. The average molecular weight is 222 g/mol. The van der Waals surface area contributed by atoms with Crippen LogP contribution in [0.5, 0.6) is 0 Å². The molecule has 0 spiro atoms. The van der Waals surface area contributed by atoms with Crippen LogP contribution in [0, 0.1) is 19.3 Å². The molecule has 2 rings (SSSR count). The molecule has 0 aromatic carbocycles. The lowest BCUT2D eigenvalue weighted by Crippen LogP contribution is -2.12. The summed E-state index contributed by atoms with van der Waals surface area (Å²) in [5.74, 6) is 0. The highest BCUT2D eigenvalue weighted by atomic mass is 16.3. The van der Waals surface area contributed by atoms with Crippen LogP contribution in [0.3, 0.4) is 0 Å². The van der Waals surface area contributed by atoms with Gasteiger partial charge in [0.15, 0.2) is 0 Å². The highest BCUT2D eigenvalue weighted by Crippen LogP contribution is 2.48. The molecule has 1 heterocycles. The maximum Gasteiger partial charge on any atom is 0.0628 e. The molecule has 1 aromatic rings. The molecule has 1 saturated carbocycles. The molecule has 3 heteroatoms. The molecule has 3 nitrogen and oxygen atoms in total. The van der Waals surface area contributed by atoms with Gasteiger partial charge in [-0.25, -0.2) is 0 Å². The van der Waals surface area contributed by atoms with Crippen molar-refractivity contribution >= 4 is 0 Å². The van der Waals surface area contributed by atoms with Gasteiger partial charge in [0.05, 0.1) is 5.69 Å². The molecule has 0 aliphatic heterocycles. The SMILES string of the molecule is Cc1nn(C(C)C)c(C)c1CC1(CO)CC1. The molecule has 0 saturated heterocycles. The molecule has 1 aliphatic rings. The van der Waals surface area contributed by atoms with E-state index in [1.165, 1.54) is 11.3 Å². The number of aromatic nitrogens is 2. The van der Waals surface area contributed by atoms with Gasteiger partial charge in [0.2, 0.25) is 0 Å². The van der Waals surface area contributed by atoms with Gasteiger partial charge >= 0.3 is 0 Å². The Morgan fingerprint density at radius 3 is 2.38 bits per heavy atom. The van der Waals surface area contributed by atoms with Crippen molar-refractivity contribution in [2.45, 2.75) is 53.0 Å². The van der Waals surface area contributed by atoms with Crippen LogP contribution in [0.2, 0.25) is 0 Å². The molecule has 0 unspecified atom stereocenters. The summed E-state index contributed by atoms with van der Waals surface area (Å²) in [6, 6.07) is 0.414. The monoisotopic (exact) mass is 222 g/mol. The Morgan fingerprint density at radius 1 is 1.38 bits per heavy atom. The second-order valence-electron chi connectivity index (χ2n) is 5.52. The minimum absolute atomic E-state index is 0.181. The molecular formula is C13H22N2O. The Morgan fingerprint density at radius 2 is 2.00 bits per heavy atom. The molecule has 1 fully saturated rings. The van der Waals surface area contributed by atoms with E-state index >= 15 is 0 Å². The number of aryl methyl sites for hydroxylation is 1. The molecule has 1 aromatic heterocycles. The van der Waals surface area contributed by atoms with Crippen LogP contribution in [-0.4, -0.2) is 21.5 Å². The first-order valence-corrected chi connectivity index (χ1v) is 6.14. The highest BCUT2D eigenvalue weighted by molar-refractivity contribution is 5.27. The zero-order valence-corrected chi connectivity index (χ0v) is 10.7. The number of nitrogens with zero attached hydrogens (tertiary/aromatic N) is 2. The van der Waals surface area contributed by atoms with Crippen molar-refractivity contribution in [1.82, 2.24) is 9.78 Å². The van der Waals surface area contributed by atoms with Gasteiger partial charge in [0.25, 0.3) is 0 Å². The summed E-state index contributed by atoms with van der Waals surface area (Å²) in [7, 11) is 0.